The third-order valence-electron chi connectivity index (χ3n) is 3.99. The van der Waals surface area contributed by atoms with Gasteiger partial charge in [0.1, 0.15) is 5.82 Å². The van der Waals surface area contributed by atoms with Crippen LogP contribution in [0.2, 0.25) is 5.02 Å². The molecular formula is C17H19ClN4O3. The van der Waals surface area contributed by atoms with Gasteiger partial charge in [0.2, 0.25) is 5.82 Å². The van der Waals surface area contributed by atoms with E-state index in [0.29, 0.717) is 10.7 Å². The van der Waals surface area contributed by atoms with Gasteiger partial charge in [0.05, 0.1) is 10.7 Å². The van der Waals surface area contributed by atoms with Gasteiger partial charge in [-0.05, 0) is 30.9 Å². The van der Waals surface area contributed by atoms with Crippen molar-refractivity contribution in [1.29, 1.82) is 0 Å². The maximum Gasteiger partial charge on any atom is 0.303 e. The van der Waals surface area contributed by atoms with Crippen molar-refractivity contribution in [3.8, 4) is 5.69 Å². The van der Waals surface area contributed by atoms with E-state index in [0.717, 1.165) is 18.7 Å². The number of carboxylic acids is 1. The summed E-state index contributed by atoms with van der Waals surface area (Å²) in [6.07, 6.45) is 2.02. The van der Waals surface area contributed by atoms with Gasteiger partial charge in [0.15, 0.2) is 0 Å². The van der Waals surface area contributed by atoms with Gasteiger partial charge in [-0.3, -0.25) is 9.59 Å². The maximum atomic E-state index is 12.3. The summed E-state index contributed by atoms with van der Waals surface area (Å²) in [5.74, 6) is -0.378. The topological polar surface area (TPSA) is 97.1 Å². The van der Waals surface area contributed by atoms with E-state index in [4.69, 9.17) is 16.7 Å². The van der Waals surface area contributed by atoms with Crippen LogP contribution < -0.4 is 5.32 Å². The van der Waals surface area contributed by atoms with Crippen molar-refractivity contribution in [2.24, 2.45) is 5.92 Å². The second-order valence-corrected chi connectivity index (χ2v) is 6.75. The SMILES string of the molecule is CC(CNC(=O)c1nc(C2CC2)n(-c2ccccc2Cl)n1)CC(=O)O. The molecule has 0 saturated heterocycles. The van der Waals surface area contributed by atoms with E-state index in [1.807, 2.05) is 18.2 Å². The van der Waals surface area contributed by atoms with Crippen LogP contribution in [-0.4, -0.2) is 38.3 Å². The van der Waals surface area contributed by atoms with Crippen molar-refractivity contribution >= 4 is 23.5 Å². The Balaban J connectivity index is 1.79. The smallest absolute Gasteiger partial charge is 0.303 e. The number of amides is 1. The van der Waals surface area contributed by atoms with E-state index < -0.39 is 11.9 Å². The first kappa shape index (κ1) is 17.4. The van der Waals surface area contributed by atoms with Crippen LogP contribution in [-0.2, 0) is 4.79 Å². The molecular weight excluding hydrogens is 344 g/mol. The van der Waals surface area contributed by atoms with Crippen LogP contribution >= 0.6 is 11.6 Å². The fourth-order valence-corrected chi connectivity index (χ4v) is 2.76. The lowest BCUT2D eigenvalue weighted by Gasteiger charge is -2.08. The minimum absolute atomic E-state index is 0.00486. The Kier molecular flexibility index (Phi) is 5.03. The first-order valence-electron chi connectivity index (χ1n) is 8.17. The highest BCUT2D eigenvalue weighted by Crippen LogP contribution is 2.40. The molecule has 1 unspecified atom stereocenters. The molecule has 1 aromatic carbocycles. The van der Waals surface area contributed by atoms with E-state index in [-0.39, 0.29) is 30.6 Å². The van der Waals surface area contributed by atoms with Gasteiger partial charge in [-0.25, -0.2) is 9.67 Å². The van der Waals surface area contributed by atoms with Gasteiger partial charge >= 0.3 is 5.97 Å². The number of carboxylic acid groups (broad SMARTS) is 1. The number of benzene rings is 1. The van der Waals surface area contributed by atoms with Crippen LogP contribution in [0.4, 0.5) is 0 Å². The van der Waals surface area contributed by atoms with Crippen LogP contribution in [0.5, 0.6) is 0 Å². The number of halogens is 1. The second-order valence-electron chi connectivity index (χ2n) is 6.34. The fraction of sp³-hybridized carbons (Fsp3) is 0.412. The molecule has 25 heavy (non-hydrogen) atoms. The van der Waals surface area contributed by atoms with E-state index in [1.165, 1.54) is 0 Å². The maximum absolute atomic E-state index is 12.3. The molecule has 1 saturated carbocycles. The Morgan fingerprint density at radius 2 is 2.12 bits per heavy atom. The van der Waals surface area contributed by atoms with Gasteiger partial charge in [0, 0.05) is 18.9 Å². The van der Waals surface area contributed by atoms with Crippen molar-refractivity contribution in [2.45, 2.75) is 32.1 Å². The number of para-hydroxylation sites is 1. The average Bonchev–Trinajstić information content (AvgIpc) is 3.31. The molecule has 1 heterocycles. The molecule has 132 valence electrons. The lowest BCUT2D eigenvalue weighted by atomic mass is 10.1. The summed E-state index contributed by atoms with van der Waals surface area (Å²) in [7, 11) is 0. The van der Waals surface area contributed by atoms with Crippen LogP contribution in [0.15, 0.2) is 24.3 Å². The van der Waals surface area contributed by atoms with Crippen LogP contribution in [0.1, 0.15) is 48.5 Å². The van der Waals surface area contributed by atoms with Gasteiger partial charge in [0.25, 0.3) is 5.91 Å². The van der Waals surface area contributed by atoms with E-state index >= 15 is 0 Å². The number of aromatic nitrogens is 3. The predicted molar refractivity (Wildman–Crippen MR) is 92.1 cm³/mol. The van der Waals surface area contributed by atoms with Gasteiger partial charge in [-0.2, -0.15) is 0 Å². The molecule has 0 spiro atoms. The molecule has 1 aliphatic carbocycles. The molecule has 0 bridgehead atoms. The molecule has 2 N–H and O–H groups in total. The second kappa shape index (κ2) is 7.23. The first-order valence-corrected chi connectivity index (χ1v) is 8.55. The van der Waals surface area contributed by atoms with Gasteiger partial charge in [-0.1, -0.05) is 30.7 Å². The number of hydrogen-bond donors (Lipinski definition) is 2. The minimum atomic E-state index is -0.890. The number of hydrogen-bond acceptors (Lipinski definition) is 4. The van der Waals surface area contributed by atoms with Crippen molar-refractivity contribution in [3.05, 3.63) is 40.9 Å². The number of nitrogens with zero attached hydrogens (tertiary/aromatic N) is 3. The molecule has 8 heteroatoms. The monoisotopic (exact) mass is 362 g/mol. The van der Waals surface area contributed by atoms with Gasteiger partial charge < -0.3 is 10.4 Å². The predicted octanol–water partition coefficient (Wildman–Crippen LogP) is 2.64. The zero-order valence-corrected chi connectivity index (χ0v) is 14.5. The quantitative estimate of drug-likeness (QED) is 0.789. The number of rotatable bonds is 7. The summed E-state index contributed by atoms with van der Waals surface area (Å²) >= 11 is 6.25. The Morgan fingerprint density at radius 3 is 2.76 bits per heavy atom. The summed E-state index contributed by atoms with van der Waals surface area (Å²) in [4.78, 5) is 27.4. The summed E-state index contributed by atoms with van der Waals surface area (Å²) in [5, 5.41) is 16.3. The number of carbonyl (C=O) groups excluding carboxylic acids is 1. The van der Waals surface area contributed by atoms with Crippen molar-refractivity contribution in [1.82, 2.24) is 20.1 Å². The average molecular weight is 363 g/mol. The van der Waals surface area contributed by atoms with Crippen LogP contribution in [0.3, 0.4) is 0 Å². The zero-order valence-electron chi connectivity index (χ0n) is 13.8. The summed E-state index contributed by atoms with van der Waals surface area (Å²) in [6, 6.07) is 7.28. The third-order valence-corrected chi connectivity index (χ3v) is 4.31. The number of carbonyl (C=O) groups is 2. The summed E-state index contributed by atoms with van der Waals surface area (Å²) < 4.78 is 1.63. The lowest BCUT2D eigenvalue weighted by molar-refractivity contribution is -0.137. The van der Waals surface area contributed by atoms with Crippen molar-refractivity contribution in [2.75, 3.05) is 6.54 Å². The summed E-state index contributed by atoms with van der Waals surface area (Å²) in [5.41, 5.74) is 0.692. The molecule has 1 aliphatic rings. The highest BCUT2D eigenvalue weighted by Gasteiger charge is 2.32. The molecule has 3 rings (SSSR count). The molecule has 0 radical (unpaired) electrons. The standard InChI is InChI=1S/C17H19ClN4O3/c1-10(8-14(23)24)9-19-17(25)15-20-16(11-6-7-11)22(21-15)13-5-3-2-4-12(13)18/h2-5,10-11H,6-9H2,1H3,(H,19,25)(H,23,24). The molecule has 0 aliphatic heterocycles. The van der Waals surface area contributed by atoms with E-state index in [9.17, 15) is 9.59 Å². The number of aliphatic carboxylic acids is 1. The fourth-order valence-electron chi connectivity index (χ4n) is 2.54. The van der Waals surface area contributed by atoms with E-state index in [2.05, 4.69) is 15.4 Å². The number of nitrogens with one attached hydrogen (secondary N) is 1. The molecule has 1 fully saturated rings. The Hall–Kier alpha value is -2.41. The van der Waals surface area contributed by atoms with E-state index in [1.54, 1.807) is 17.7 Å². The largest absolute Gasteiger partial charge is 0.481 e. The van der Waals surface area contributed by atoms with Crippen molar-refractivity contribution in [3.63, 3.8) is 0 Å². The molecule has 1 atom stereocenters. The molecule has 2 aromatic rings. The molecule has 7 nitrogen and oxygen atoms in total. The zero-order chi connectivity index (χ0) is 18.0. The first-order chi connectivity index (χ1) is 12.0. The molecule has 1 amide bonds. The van der Waals surface area contributed by atoms with Crippen molar-refractivity contribution < 1.29 is 14.7 Å². The third kappa shape index (κ3) is 4.17. The highest BCUT2D eigenvalue weighted by molar-refractivity contribution is 6.32. The molecule has 1 aromatic heterocycles. The van der Waals surface area contributed by atoms with Crippen LogP contribution in [0.25, 0.3) is 5.69 Å². The minimum Gasteiger partial charge on any atom is -0.481 e. The normalized spacial score (nSPS) is 15.0. The Morgan fingerprint density at radius 1 is 1.40 bits per heavy atom. The highest BCUT2D eigenvalue weighted by atomic mass is 35.5. The van der Waals surface area contributed by atoms with Crippen LogP contribution in [0, 0.1) is 5.92 Å². The Labute approximate surface area is 150 Å². The Bertz CT molecular complexity index is 801. The lowest BCUT2D eigenvalue weighted by Crippen LogP contribution is -2.30. The summed E-state index contributed by atoms with van der Waals surface area (Å²) in [6.45, 7) is 2.02. The van der Waals surface area contributed by atoms with Gasteiger partial charge in [-0.15, -0.1) is 5.10 Å².